The van der Waals surface area contributed by atoms with Crippen molar-refractivity contribution < 1.29 is 20.1 Å². The van der Waals surface area contributed by atoms with E-state index in [0.29, 0.717) is 33.6 Å². The van der Waals surface area contributed by atoms with E-state index in [0.717, 1.165) is 5.56 Å². The molecule has 9 nitrogen and oxygen atoms in total. The van der Waals surface area contributed by atoms with Gasteiger partial charge in [-0.25, -0.2) is 15.0 Å². The van der Waals surface area contributed by atoms with E-state index in [1.165, 1.54) is 17.2 Å². The molecule has 4 N–H and O–H groups in total. The normalized spacial score (nSPS) is 24.8. The van der Waals surface area contributed by atoms with Crippen LogP contribution in [0.3, 0.4) is 0 Å². The predicted molar refractivity (Wildman–Crippen MR) is 102 cm³/mol. The van der Waals surface area contributed by atoms with Gasteiger partial charge in [-0.05, 0) is 17.7 Å². The van der Waals surface area contributed by atoms with Crippen LogP contribution in [0.25, 0.3) is 11.2 Å². The minimum Gasteiger partial charge on any atom is -0.394 e. The number of anilines is 1. The molecule has 148 valence electrons. The lowest BCUT2D eigenvalue weighted by Crippen LogP contribution is -2.33. The molecule has 0 bridgehead atoms. The maximum Gasteiger partial charge on any atom is 0.167 e. The summed E-state index contributed by atoms with van der Waals surface area (Å²) in [4.78, 5) is 12.7. The van der Waals surface area contributed by atoms with Crippen LogP contribution in [-0.4, -0.2) is 59.8 Å². The Balaban J connectivity index is 1.59. The highest BCUT2D eigenvalue weighted by Crippen LogP contribution is 2.32. The van der Waals surface area contributed by atoms with E-state index in [2.05, 4.69) is 20.3 Å². The molecule has 4 atom stereocenters. The fourth-order valence-corrected chi connectivity index (χ4v) is 3.43. The standard InChI is InChI=1S/C17H17Cl2N5O4/c18-9-2-1-8(3-10(9)19)4-20-15-12-16(22-6-21-15)24(7-23-12)17-14(27)13(26)11(5-25)28-17/h1-3,6-7,11,13-14,17,25-27H,4-5H2,(H,20,21,22)/t11-,13-,14-,17?/m1/s1. The van der Waals surface area contributed by atoms with Gasteiger partial charge in [-0.15, -0.1) is 0 Å². The summed E-state index contributed by atoms with van der Waals surface area (Å²) in [7, 11) is 0. The van der Waals surface area contributed by atoms with Gasteiger partial charge in [0.05, 0.1) is 23.0 Å². The number of hydrogen-bond acceptors (Lipinski definition) is 8. The third-order valence-corrected chi connectivity index (χ3v) is 5.33. The Kier molecular flexibility index (Phi) is 5.37. The van der Waals surface area contributed by atoms with Crippen molar-refractivity contribution in [3.05, 3.63) is 46.5 Å². The molecule has 1 aliphatic rings. The van der Waals surface area contributed by atoms with Crippen molar-refractivity contribution >= 4 is 40.2 Å². The van der Waals surface area contributed by atoms with Crippen LogP contribution in [0.15, 0.2) is 30.9 Å². The van der Waals surface area contributed by atoms with Gasteiger partial charge >= 0.3 is 0 Å². The minimum atomic E-state index is -1.22. The number of fused-ring (bicyclic) bond motifs is 1. The van der Waals surface area contributed by atoms with Gasteiger partial charge in [0.15, 0.2) is 23.2 Å². The second-order valence-corrected chi connectivity index (χ2v) is 7.19. The number of aliphatic hydroxyl groups excluding tert-OH is 3. The topological polar surface area (TPSA) is 126 Å². The van der Waals surface area contributed by atoms with E-state index in [-0.39, 0.29) is 0 Å². The number of aliphatic hydroxyl groups is 3. The number of imidazole rings is 1. The van der Waals surface area contributed by atoms with E-state index in [9.17, 15) is 15.3 Å². The summed E-state index contributed by atoms with van der Waals surface area (Å²) in [5, 5.41) is 33.6. The molecule has 3 heterocycles. The molecule has 0 amide bonds. The number of nitrogens with one attached hydrogen (secondary N) is 1. The van der Waals surface area contributed by atoms with Gasteiger partial charge in [0, 0.05) is 6.54 Å². The van der Waals surface area contributed by atoms with Gasteiger partial charge in [0.2, 0.25) is 0 Å². The van der Waals surface area contributed by atoms with Gasteiger partial charge in [-0.1, -0.05) is 29.3 Å². The quantitative estimate of drug-likeness (QED) is 0.482. The smallest absolute Gasteiger partial charge is 0.167 e. The molecule has 4 rings (SSSR count). The van der Waals surface area contributed by atoms with Gasteiger partial charge in [0.1, 0.15) is 24.6 Å². The third-order valence-electron chi connectivity index (χ3n) is 4.59. The van der Waals surface area contributed by atoms with E-state index in [1.54, 1.807) is 12.1 Å². The first-order valence-corrected chi connectivity index (χ1v) is 9.23. The van der Waals surface area contributed by atoms with Crippen molar-refractivity contribution in [3.63, 3.8) is 0 Å². The fraction of sp³-hybridized carbons (Fsp3) is 0.353. The molecule has 0 aliphatic carbocycles. The number of nitrogens with zero attached hydrogens (tertiary/aromatic N) is 4. The number of hydrogen-bond donors (Lipinski definition) is 4. The summed E-state index contributed by atoms with van der Waals surface area (Å²) < 4.78 is 7.05. The van der Waals surface area contributed by atoms with E-state index >= 15 is 0 Å². The summed E-state index contributed by atoms with van der Waals surface area (Å²) in [6.45, 7) is 0.0243. The van der Waals surface area contributed by atoms with Crippen LogP contribution in [0.4, 0.5) is 5.82 Å². The molecule has 1 aliphatic heterocycles. The van der Waals surface area contributed by atoms with E-state index in [4.69, 9.17) is 27.9 Å². The number of rotatable bonds is 5. The van der Waals surface area contributed by atoms with Crippen LogP contribution < -0.4 is 5.32 Å². The van der Waals surface area contributed by atoms with Crippen molar-refractivity contribution in [2.45, 2.75) is 31.1 Å². The molecule has 2 aromatic heterocycles. The van der Waals surface area contributed by atoms with Gasteiger partial charge < -0.3 is 25.4 Å². The molecular weight excluding hydrogens is 409 g/mol. The molecular formula is C17H17Cl2N5O4. The minimum absolute atomic E-state index is 0.410. The van der Waals surface area contributed by atoms with Crippen molar-refractivity contribution in [2.75, 3.05) is 11.9 Å². The molecule has 1 unspecified atom stereocenters. The first kappa shape index (κ1) is 19.3. The third kappa shape index (κ3) is 3.41. The molecule has 3 aromatic rings. The van der Waals surface area contributed by atoms with Crippen molar-refractivity contribution in [1.82, 2.24) is 19.5 Å². The van der Waals surface area contributed by atoms with Gasteiger partial charge in [0.25, 0.3) is 0 Å². The Morgan fingerprint density at radius 2 is 1.93 bits per heavy atom. The zero-order valence-corrected chi connectivity index (χ0v) is 15.9. The number of ether oxygens (including phenoxy) is 1. The molecule has 1 fully saturated rings. The average molecular weight is 426 g/mol. The maximum absolute atomic E-state index is 10.2. The Hall–Kier alpha value is -2.01. The van der Waals surface area contributed by atoms with Gasteiger partial charge in [-0.3, -0.25) is 4.57 Å². The Morgan fingerprint density at radius 1 is 1.11 bits per heavy atom. The van der Waals surface area contributed by atoms with Crippen molar-refractivity contribution in [3.8, 4) is 0 Å². The summed E-state index contributed by atoms with van der Waals surface area (Å²) in [5.41, 5.74) is 1.80. The summed E-state index contributed by atoms with van der Waals surface area (Å²) >= 11 is 12.0. The Bertz CT molecular complexity index is 1000. The fourth-order valence-electron chi connectivity index (χ4n) is 3.11. The second-order valence-electron chi connectivity index (χ2n) is 6.38. The lowest BCUT2D eigenvalue weighted by Gasteiger charge is -2.16. The average Bonchev–Trinajstić information content (AvgIpc) is 3.24. The highest BCUT2D eigenvalue weighted by molar-refractivity contribution is 6.42. The first-order valence-electron chi connectivity index (χ1n) is 8.47. The van der Waals surface area contributed by atoms with Crippen LogP contribution in [0.5, 0.6) is 0 Å². The second kappa shape index (κ2) is 7.78. The largest absolute Gasteiger partial charge is 0.394 e. The lowest BCUT2D eigenvalue weighted by atomic mass is 10.1. The monoisotopic (exact) mass is 425 g/mol. The zero-order valence-electron chi connectivity index (χ0n) is 14.4. The molecule has 0 spiro atoms. The molecule has 28 heavy (non-hydrogen) atoms. The summed E-state index contributed by atoms with van der Waals surface area (Å²) in [6.07, 6.45) is -1.43. The first-order chi connectivity index (χ1) is 13.5. The van der Waals surface area contributed by atoms with Crippen molar-refractivity contribution in [2.24, 2.45) is 0 Å². The lowest BCUT2D eigenvalue weighted by molar-refractivity contribution is -0.0511. The number of benzene rings is 1. The van der Waals surface area contributed by atoms with Crippen LogP contribution in [0, 0.1) is 0 Å². The number of aromatic nitrogens is 4. The molecule has 1 aromatic carbocycles. The molecule has 1 saturated heterocycles. The zero-order chi connectivity index (χ0) is 19.8. The maximum atomic E-state index is 10.2. The highest BCUT2D eigenvalue weighted by atomic mass is 35.5. The van der Waals surface area contributed by atoms with Crippen molar-refractivity contribution in [1.29, 1.82) is 0 Å². The molecule has 0 saturated carbocycles. The molecule has 0 radical (unpaired) electrons. The van der Waals surface area contributed by atoms with E-state index < -0.39 is 31.1 Å². The van der Waals surface area contributed by atoms with Crippen LogP contribution in [-0.2, 0) is 11.3 Å². The Labute approximate surface area is 169 Å². The Morgan fingerprint density at radius 3 is 2.64 bits per heavy atom. The number of halogens is 2. The van der Waals surface area contributed by atoms with Crippen LogP contribution in [0.1, 0.15) is 11.8 Å². The van der Waals surface area contributed by atoms with Crippen LogP contribution in [0.2, 0.25) is 10.0 Å². The SMILES string of the molecule is OC[C@H]1OC(n2cnc3c(NCc4ccc(Cl)c(Cl)c4)ncnc32)[C@H](O)[C@@H]1O. The van der Waals surface area contributed by atoms with E-state index in [1.807, 2.05) is 6.07 Å². The summed E-state index contributed by atoms with van der Waals surface area (Å²) in [6, 6.07) is 5.32. The molecule has 11 heteroatoms. The summed E-state index contributed by atoms with van der Waals surface area (Å²) in [5.74, 6) is 0.488. The van der Waals surface area contributed by atoms with Crippen LogP contribution >= 0.6 is 23.2 Å². The predicted octanol–water partition coefficient (Wildman–Crippen LogP) is 1.36. The van der Waals surface area contributed by atoms with Gasteiger partial charge in [-0.2, -0.15) is 0 Å². The highest BCUT2D eigenvalue weighted by Gasteiger charge is 2.44.